The molecule has 3 N–H and O–H groups in total. The maximum absolute atomic E-state index is 11.0. The van der Waals surface area contributed by atoms with Crippen LogP contribution < -0.4 is 5.73 Å². The highest BCUT2D eigenvalue weighted by Crippen LogP contribution is 2.24. The average molecular weight is 266 g/mol. The fourth-order valence-corrected chi connectivity index (χ4v) is 3.24. The highest BCUT2D eigenvalue weighted by atomic mass is 32.2. The Balaban J connectivity index is 3.79. The Morgan fingerprint density at radius 2 is 1.62 bits per heavy atom. The first-order valence-corrected chi connectivity index (χ1v) is 6.77. The molecule has 0 fully saturated rings. The maximum Gasteiger partial charge on any atom is 0.296 e. The molecule has 0 amide bonds. The smallest absolute Gasteiger partial charge is 0.282 e. The zero-order valence-electron chi connectivity index (χ0n) is 7.78. The van der Waals surface area contributed by atoms with Crippen molar-refractivity contribution in [2.75, 3.05) is 0 Å². The quantitative estimate of drug-likeness (QED) is 0.738. The van der Waals surface area contributed by atoms with Crippen LogP contribution >= 0.6 is 0 Å². The SMILES string of the molecule is [NH]Cc1cccc(S(=O)(=O)O)c1S(=O)(=O)O. The fraction of sp³-hybridized carbons (Fsp3) is 0.143. The van der Waals surface area contributed by atoms with Crippen molar-refractivity contribution in [2.24, 2.45) is 0 Å². The number of rotatable bonds is 3. The number of nitrogens with one attached hydrogen (secondary N) is 1. The summed E-state index contributed by atoms with van der Waals surface area (Å²) in [5.74, 6) is 0. The van der Waals surface area contributed by atoms with E-state index >= 15 is 0 Å². The Labute approximate surface area is 92.4 Å². The van der Waals surface area contributed by atoms with Gasteiger partial charge in [-0.15, -0.1) is 0 Å². The maximum atomic E-state index is 11.0. The molecule has 0 aliphatic carbocycles. The topological polar surface area (TPSA) is 133 Å². The molecule has 0 saturated carbocycles. The molecule has 0 aliphatic rings. The van der Waals surface area contributed by atoms with Crippen molar-refractivity contribution in [2.45, 2.75) is 16.3 Å². The van der Waals surface area contributed by atoms with Crippen molar-refractivity contribution in [3.05, 3.63) is 23.8 Å². The Morgan fingerprint density at radius 3 is 2.00 bits per heavy atom. The minimum absolute atomic E-state index is 0.211. The van der Waals surface area contributed by atoms with Gasteiger partial charge in [0.15, 0.2) is 0 Å². The molecule has 1 rings (SSSR count). The number of benzene rings is 1. The van der Waals surface area contributed by atoms with Gasteiger partial charge in [0, 0.05) is 6.54 Å². The Bertz CT molecular complexity index is 604. The van der Waals surface area contributed by atoms with Crippen LogP contribution in [0.1, 0.15) is 5.56 Å². The summed E-state index contributed by atoms with van der Waals surface area (Å²) >= 11 is 0. The second-order valence-corrected chi connectivity index (χ2v) is 5.62. The van der Waals surface area contributed by atoms with E-state index in [1.165, 1.54) is 12.1 Å². The normalized spacial score (nSPS) is 12.7. The van der Waals surface area contributed by atoms with Crippen LogP contribution in [0.2, 0.25) is 0 Å². The lowest BCUT2D eigenvalue weighted by Crippen LogP contribution is -2.11. The zero-order chi connectivity index (χ0) is 12.6. The summed E-state index contributed by atoms with van der Waals surface area (Å²) in [7, 11) is -9.59. The molecule has 0 heterocycles. The molecule has 0 spiro atoms. The van der Waals surface area contributed by atoms with Crippen molar-refractivity contribution in [3.8, 4) is 0 Å². The Morgan fingerprint density at radius 1 is 1.06 bits per heavy atom. The zero-order valence-corrected chi connectivity index (χ0v) is 9.42. The third-order valence-electron chi connectivity index (χ3n) is 1.79. The van der Waals surface area contributed by atoms with E-state index in [4.69, 9.17) is 14.8 Å². The summed E-state index contributed by atoms with van der Waals surface area (Å²) in [4.78, 5) is -1.88. The Kier molecular flexibility index (Phi) is 3.35. The number of hydrogen-bond acceptors (Lipinski definition) is 4. The molecule has 1 radical (unpaired) electrons. The summed E-state index contributed by atoms with van der Waals surface area (Å²) in [6, 6.07) is 3.17. The minimum atomic E-state index is -4.82. The van der Waals surface area contributed by atoms with E-state index in [2.05, 4.69) is 0 Å². The van der Waals surface area contributed by atoms with Crippen LogP contribution in [0.25, 0.3) is 0 Å². The first-order chi connectivity index (χ1) is 7.18. The first kappa shape index (κ1) is 13.1. The van der Waals surface area contributed by atoms with Crippen LogP contribution in [0.4, 0.5) is 0 Å². The minimum Gasteiger partial charge on any atom is -0.282 e. The van der Waals surface area contributed by atoms with Crippen LogP contribution in [-0.4, -0.2) is 25.9 Å². The van der Waals surface area contributed by atoms with Crippen LogP contribution in [0.15, 0.2) is 28.0 Å². The molecule has 0 unspecified atom stereocenters. The molecular formula is C7H8NO6S2. The molecule has 9 heteroatoms. The number of hydrogen-bond donors (Lipinski definition) is 2. The Hall–Kier alpha value is -1.00. The van der Waals surface area contributed by atoms with E-state index in [9.17, 15) is 16.8 Å². The second-order valence-electron chi connectivity index (χ2n) is 2.87. The van der Waals surface area contributed by atoms with Crippen molar-refractivity contribution < 1.29 is 25.9 Å². The monoisotopic (exact) mass is 266 g/mol. The fourth-order valence-electron chi connectivity index (χ4n) is 1.20. The van der Waals surface area contributed by atoms with E-state index in [-0.39, 0.29) is 5.56 Å². The first-order valence-electron chi connectivity index (χ1n) is 3.89. The lowest BCUT2D eigenvalue weighted by atomic mass is 10.2. The standard InChI is InChI=1S/C7H8NO6S2/c8-4-5-2-1-3-6(15(9,10)11)7(5)16(12,13)14/h1-3,8H,4H2,(H,9,10,11)(H,12,13,14). The van der Waals surface area contributed by atoms with Gasteiger partial charge in [-0.3, -0.25) is 14.8 Å². The molecular weight excluding hydrogens is 258 g/mol. The molecule has 0 aliphatic heterocycles. The van der Waals surface area contributed by atoms with Gasteiger partial charge in [-0.05, 0) is 11.6 Å². The molecule has 0 bridgehead atoms. The third kappa shape index (κ3) is 2.57. The molecule has 89 valence electrons. The van der Waals surface area contributed by atoms with Crippen LogP contribution in [0.3, 0.4) is 0 Å². The van der Waals surface area contributed by atoms with E-state index in [1.54, 1.807) is 0 Å². The predicted molar refractivity (Wildman–Crippen MR) is 52.9 cm³/mol. The summed E-state index contributed by atoms with van der Waals surface area (Å²) in [5.41, 5.74) is 6.80. The largest absolute Gasteiger partial charge is 0.296 e. The summed E-state index contributed by atoms with van der Waals surface area (Å²) in [6.07, 6.45) is 0. The highest BCUT2D eigenvalue weighted by Gasteiger charge is 2.26. The molecule has 0 saturated heterocycles. The van der Waals surface area contributed by atoms with E-state index < -0.39 is 36.6 Å². The lowest BCUT2D eigenvalue weighted by Gasteiger charge is -2.08. The van der Waals surface area contributed by atoms with E-state index in [0.717, 1.165) is 6.07 Å². The van der Waals surface area contributed by atoms with Gasteiger partial charge in [-0.2, -0.15) is 16.8 Å². The van der Waals surface area contributed by atoms with Gasteiger partial charge in [0.05, 0.1) is 0 Å². The summed E-state index contributed by atoms with van der Waals surface area (Å²) in [5, 5.41) is 0. The third-order valence-corrected chi connectivity index (χ3v) is 3.81. The van der Waals surface area contributed by atoms with Gasteiger partial charge in [0.1, 0.15) is 9.79 Å². The van der Waals surface area contributed by atoms with Crippen LogP contribution in [-0.2, 0) is 26.8 Å². The lowest BCUT2D eigenvalue weighted by molar-refractivity contribution is 0.465. The van der Waals surface area contributed by atoms with Crippen molar-refractivity contribution >= 4 is 20.2 Å². The van der Waals surface area contributed by atoms with Crippen LogP contribution in [0, 0.1) is 0 Å². The van der Waals surface area contributed by atoms with E-state index in [0.29, 0.717) is 0 Å². The highest BCUT2D eigenvalue weighted by molar-refractivity contribution is 7.89. The molecule has 1 aromatic carbocycles. The molecule has 1 aromatic rings. The van der Waals surface area contributed by atoms with Gasteiger partial charge in [-0.25, -0.2) is 0 Å². The van der Waals surface area contributed by atoms with Gasteiger partial charge in [0.25, 0.3) is 20.2 Å². The summed E-state index contributed by atoms with van der Waals surface area (Å²) < 4.78 is 61.4. The van der Waals surface area contributed by atoms with Crippen LogP contribution in [0.5, 0.6) is 0 Å². The van der Waals surface area contributed by atoms with Crippen molar-refractivity contribution in [1.82, 2.24) is 5.73 Å². The predicted octanol–water partition coefficient (Wildman–Crippen LogP) is -0.0371. The van der Waals surface area contributed by atoms with Gasteiger partial charge in [-0.1, -0.05) is 12.1 Å². The molecule has 7 nitrogen and oxygen atoms in total. The second kappa shape index (κ2) is 4.11. The van der Waals surface area contributed by atoms with Crippen molar-refractivity contribution in [1.29, 1.82) is 0 Å². The summed E-state index contributed by atoms with van der Waals surface area (Å²) in [6.45, 7) is -0.543. The van der Waals surface area contributed by atoms with Crippen molar-refractivity contribution in [3.63, 3.8) is 0 Å². The molecule has 0 atom stereocenters. The molecule has 16 heavy (non-hydrogen) atoms. The van der Waals surface area contributed by atoms with Gasteiger partial charge in [0.2, 0.25) is 0 Å². The van der Waals surface area contributed by atoms with E-state index in [1.807, 2.05) is 0 Å². The van der Waals surface area contributed by atoms with Gasteiger partial charge >= 0.3 is 0 Å². The average Bonchev–Trinajstić information content (AvgIpc) is 2.13. The molecule has 0 aromatic heterocycles. The van der Waals surface area contributed by atoms with Gasteiger partial charge < -0.3 is 0 Å².